The molecule has 0 unspecified atom stereocenters. The summed E-state index contributed by atoms with van der Waals surface area (Å²) >= 11 is 0. The third-order valence-corrected chi connectivity index (χ3v) is 4.32. The van der Waals surface area contributed by atoms with E-state index in [-0.39, 0.29) is 0 Å². The Kier molecular flexibility index (Phi) is 4.64. The molecule has 116 valence electrons. The Morgan fingerprint density at radius 1 is 0.909 bits per heavy atom. The Labute approximate surface area is 133 Å². The molecule has 0 amide bonds. The Hall–Kier alpha value is -2.00. The van der Waals surface area contributed by atoms with Crippen molar-refractivity contribution in [3.05, 3.63) is 59.7 Å². The second kappa shape index (κ2) is 6.84. The SMILES string of the molecule is COc1ccccc1N1CCN(Cc2ccc(C)cc2)CC1. The van der Waals surface area contributed by atoms with E-state index >= 15 is 0 Å². The molecule has 3 rings (SSSR count). The summed E-state index contributed by atoms with van der Waals surface area (Å²) < 4.78 is 5.48. The number of piperazine rings is 1. The molecule has 1 aliphatic heterocycles. The molecule has 0 N–H and O–H groups in total. The van der Waals surface area contributed by atoms with Crippen LogP contribution in [0.3, 0.4) is 0 Å². The van der Waals surface area contributed by atoms with Crippen LogP contribution in [0, 0.1) is 6.92 Å². The number of hydrogen-bond donors (Lipinski definition) is 0. The Bertz CT molecular complexity index is 601. The quantitative estimate of drug-likeness (QED) is 0.861. The maximum absolute atomic E-state index is 5.48. The number of ether oxygens (including phenoxy) is 1. The first-order valence-electron chi connectivity index (χ1n) is 7.92. The second-order valence-electron chi connectivity index (χ2n) is 5.92. The molecule has 2 aromatic rings. The van der Waals surface area contributed by atoms with Crippen LogP contribution in [0.15, 0.2) is 48.5 Å². The molecule has 0 bridgehead atoms. The van der Waals surface area contributed by atoms with Crippen molar-refractivity contribution in [3.8, 4) is 5.75 Å². The standard InChI is InChI=1S/C19H24N2O/c1-16-7-9-17(10-8-16)15-20-11-13-21(14-12-20)18-5-3-4-6-19(18)22-2/h3-10H,11-15H2,1-2H3. The first kappa shape index (κ1) is 14.9. The summed E-state index contributed by atoms with van der Waals surface area (Å²) in [5, 5.41) is 0. The van der Waals surface area contributed by atoms with Gasteiger partial charge >= 0.3 is 0 Å². The van der Waals surface area contributed by atoms with E-state index in [0.29, 0.717) is 0 Å². The van der Waals surface area contributed by atoms with Gasteiger partial charge in [0, 0.05) is 32.7 Å². The van der Waals surface area contributed by atoms with Crippen molar-refractivity contribution < 1.29 is 4.74 Å². The molecule has 0 aromatic heterocycles. The summed E-state index contributed by atoms with van der Waals surface area (Å²) in [6, 6.07) is 17.2. The molecule has 1 saturated heterocycles. The molecule has 22 heavy (non-hydrogen) atoms. The summed E-state index contributed by atoms with van der Waals surface area (Å²) in [7, 11) is 1.74. The van der Waals surface area contributed by atoms with Crippen LogP contribution in [0.25, 0.3) is 0 Å². The molecule has 0 saturated carbocycles. The average Bonchev–Trinajstić information content (AvgIpc) is 2.58. The predicted octanol–water partition coefficient (Wildman–Crippen LogP) is 3.33. The molecule has 0 aliphatic carbocycles. The van der Waals surface area contributed by atoms with Crippen LogP contribution in [-0.4, -0.2) is 38.2 Å². The van der Waals surface area contributed by atoms with Gasteiger partial charge in [0.1, 0.15) is 5.75 Å². The molecule has 2 aromatic carbocycles. The molecule has 1 fully saturated rings. The second-order valence-corrected chi connectivity index (χ2v) is 5.92. The number of methoxy groups -OCH3 is 1. The van der Waals surface area contributed by atoms with Crippen molar-refractivity contribution in [2.45, 2.75) is 13.5 Å². The van der Waals surface area contributed by atoms with Gasteiger partial charge in [-0.2, -0.15) is 0 Å². The van der Waals surface area contributed by atoms with Gasteiger partial charge in [-0.05, 0) is 24.6 Å². The number of para-hydroxylation sites is 2. The van der Waals surface area contributed by atoms with E-state index in [1.807, 2.05) is 12.1 Å². The molecule has 0 spiro atoms. The molecule has 1 heterocycles. The summed E-state index contributed by atoms with van der Waals surface area (Å²) in [6.45, 7) is 7.45. The lowest BCUT2D eigenvalue weighted by Gasteiger charge is -2.36. The molecule has 3 nitrogen and oxygen atoms in total. The fourth-order valence-corrected chi connectivity index (χ4v) is 2.99. The highest BCUT2D eigenvalue weighted by Gasteiger charge is 2.19. The first-order chi connectivity index (χ1) is 10.8. The molecule has 0 radical (unpaired) electrons. The van der Waals surface area contributed by atoms with Gasteiger partial charge in [-0.25, -0.2) is 0 Å². The van der Waals surface area contributed by atoms with Crippen LogP contribution < -0.4 is 9.64 Å². The highest BCUT2D eigenvalue weighted by molar-refractivity contribution is 5.58. The van der Waals surface area contributed by atoms with Crippen molar-refractivity contribution in [2.24, 2.45) is 0 Å². The Morgan fingerprint density at radius 3 is 2.27 bits per heavy atom. The van der Waals surface area contributed by atoms with Crippen LogP contribution in [0.4, 0.5) is 5.69 Å². The van der Waals surface area contributed by atoms with E-state index in [4.69, 9.17) is 4.74 Å². The molecule has 1 aliphatic rings. The van der Waals surface area contributed by atoms with Gasteiger partial charge in [0.25, 0.3) is 0 Å². The lowest BCUT2D eigenvalue weighted by molar-refractivity contribution is 0.249. The predicted molar refractivity (Wildman–Crippen MR) is 91.7 cm³/mol. The number of hydrogen-bond acceptors (Lipinski definition) is 3. The van der Waals surface area contributed by atoms with Crippen molar-refractivity contribution >= 4 is 5.69 Å². The molecular formula is C19H24N2O. The number of nitrogens with zero attached hydrogens (tertiary/aromatic N) is 2. The fourth-order valence-electron chi connectivity index (χ4n) is 2.99. The smallest absolute Gasteiger partial charge is 0.142 e. The topological polar surface area (TPSA) is 15.7 Å². The summed E-state index contributed by atoms with van der Waals surface area (Å²) in [4.78, 5) is 4.95. The normalized spacial score (nSPS) is 15.8. The summed E-state index contributed by atoms with van der Waals surface area (Å²) in [5.41, 5.74) is 3.93. The van der Waals surface area contributed by atoms with E-state index in [1.54, 1.807) is 7.11 Å². The Balaban J connectivity index is 1.59. The fraction of sp³-hybridized carbons (Fsp3) is 0.368. The zero-order valence-electron chi connectivity index (χ0n) is 13.5. The lowest BCUT2D eigenvalue weighted by atomic mass is 10.1. The zero-order valence-corrected chi connectivity index (χ0v) is 13.5. The van der Waals surface area contributed by atoms with Crippen LogP contribution in [0.2, 0.25) is 0 Å². The van der Waals surface area contributed by atoms with Crippen molar-refractivity contribution in [1.29, 1.82) is 0 Å². The number of rotatable bonds is 4. The van der Waals surface area contributed by atoms with Crippen LogP contribution in [-0.2, 0) is 6.54 Å². The number of benzene rings is 2. The van der Waals surface area contributed by atoms with Crippen molar-refractivity contribution in [2.75, 3.05) is 38.2 Å². The summed E-state index contributed by atoms with van der Waals surface area (Å²) in [5.74, 6) is 0.967. The van der Waals surface area contributed by atoms with Gasteiger partial charge in [-0.15, -0.1) is 0 Å². The van der Waals surface area contributed by atoms with Crippen molar-refractivity contribution in [3.63, 3.8) is 0 Å². The van der Waals surface area contributed by atoms with Gasteiger partial charge < -0.3 is 9.64 Å². The highest BCUT2D eigenvalue weighted by atomic mass is 16.5. The van der Waals surface area contributed by atoms with E-state index in [0.717, 1.165) is 38.5 Å². The average molecular weight is 296 g/mol. The van der Waals surface area contributed by atoms with E-state index in [1.165, 1.54) is 16.8 Å². The van der Waals surface area contributed by atoms with Gasteiger partial charge in [-0.1, -0.05) is 42.0 Å². The minimum absolute atomic E-state index is 0.967. The van der Waals surface area contributed by atoms with Gasteiger partial charge in [-0.3, -0.25) is 4.90 Å². The Morgan fingerprint density at radius 2 is 1.59 bits per heavy atom. The minimum Gasteiger partial charge on any atom is -0.495 e. The van der Waals surface area contributed by atoms with Gasteiger partial charge in [0.2, 0.25) is 0 Å². The third kappa shape index (κ3) is 3.42. The minimum atomic E-state index is 0.967. The largest absolute Gasteiger partial charge is 0.495 e. The van der Waals surface area contributed by atoms with E-state index in [2.05, 4.69) is 53.1 Å². The van der Waals surface area contributed by atoms with Crippen molar-refractivity contribution in [1.82, 2.24) is 4.90 Å². The van der Waals surface area contributed by atoms with Gasteiger partial charge in [0.15, 0.2) is 0 Å². The molecular weight excluding hydrogens is 272 g/mol. The number of aryl methyl sites for hydroxylation is 1. The molecule has 0 atom stereocenters. The monoisotopic (exact) mass is 296 g/mol. The molecule has 3 heteroatoms. The van der Waals surface area contributed by atoms with Crippen LogP contribution >= 0.6 is 0 Å². The maximum Gasteiger partial charge on any atom is 0.142 e. The lowest BCUT2D eigenvalue weighted by Crippen LogP contribution is -2.46. The van der Waals surface area contributed by atoms with Crippen LogP contribution in [0.5, 0.6) is 5.75 Å². The first-order valence-corrected chi connectivity index (χ1v) is 7.92. The maximum atomic E-state index is 5.48. The zero-order chi connectivity index (χ0) is 15.4. The van der Waals surface area contributed by atoms with E-state index < -0.39 is 0 Å². The highest BCUT2D eigenvalue weighted by Crippen LogP contribution is 2.28. The van der Waals surface area contributed by atoms with E-state index in [9.17, 15) is 0 Å². The van der Waals surface area contributed by atoms with Crippen LogP contribution in [0.1, 0.15) is 11.1 Å². The number of anilines is 1. The summed E-state index contributed by atoms with van der Waals surface area (Å²) in [6.07, 6.45) is 0. The van der Waals surface area contributed by atoms with Gasteiger partial charge in [0.05, 0.1) is 12.8 Å². The third-order valence-electron chi connectivity index (χ3n) is 4.32.